The molecule has 0 bridgehead atoms. The van der Waals surface area contributed by atoms with Crippen LogP contribution in [-0.4, -0.2) is 24.7 Å². The van der Waals surface area contributed by atoms with Gasteiger partial charge >= 0.3 is 0 Å². The Balaban J connectivity index is 1.81. The zero-order valence-corrected chi connectivity index (χ0v) is 14.6. The van der Waals surface area contributed by atoms with Crippen molar-refractivity contribution in [3.8, 4) is 5.75 Å². The number of aliphatic hydroxyl groups is 1. The average Bonchev–Trinajstić information content (AvgIpc) is 2.60. The third kappa shape index (κ3) is 3.48. The molecule has 4 nitrogen and oxygen atoms in total. The van der Waals surface area contributed by atoms with Crippen LogP contribution in [0.25, 0.3) is 0 Å². The molecule has 0 radical (unpaired) electrons. The highest BCUT2D eigenvalue weighted by Crippen LogP contribution is 2.36. The highest BCUT2D eigenvalue weighted by Gasteiger charge is 2.35. The first-order chi connectivity index (χ1) is 11.9. The number of methoxy groups -OCH3 is 1. The Morgan fingerprint density at radius 2 is 2.20 bits per heavy atom. The summed E-state index contributed by atoms with van der Waals surface area (Å²) >= 11 is 5.92. The van der Waals surface area contributed by atoms with Crippen LogP contribution in [0.3, 0.4) is 0 Å². The van der Waals surface area contributed by atoms with Crippen LogP contribution in [0.4, 0.5) is 4.39 Å². The maximum Gasteiger partial charge on any atom is 0.255 e. The number of fused-ring (bicyclic) bond motifs is 1. The number of hydrogen-bond donors (Lipinski definition) is 2. The van der Waals surface area contributed by atoms with Gasteiger partial charge in [0.05, 0.1) is 24.2 Å². The number of halogens is 2. The molecule has 1 aliphatic rings. The molecule has 0 heterocycles. The van der Waals surface area contributed by atoms with Gasteiger partial charge in [0.25, 0.3) is 5.91 Å². The molecule has 0 saturated heterocycles. The van der Waals surface area contributed by atoms with Crippen molar-refractivity contribution < 1.29 is 19.0 Å². The van der Waals surface area contributed by atoms with Gasteiger partial charge in [-0.3, -0.25) is 4.79 Å². The zero-order valence-electron chi connectivity index (χ0n) is 13.8. The number of amides is 1. The predicted octanol–water partition coefficient (Wildman–Crippen LogP) is 3.44. The van der Waals surface area contributed by atoms with E-state index in [1.165, 1.54) is 18.2 Å². The SMILES string of the molecule is COc1ccc2c(c1)CCC[C@]2(O)CNC(=O)c1c(F)cccc1Cl. The summed E-state index contributed by atoms with van der Waals surface area (Å²) in [5, 5.41) is 13.7. The van der Waals surface area contributed by atoms with E-state index >= 15 is 0 Å². The lowest BCUT2D eigenvalue weighted by atomic mass is 9.79. The molecule has 0 aliphatic heterocycles. The van der Waals surface area contributed by atoms with Crippen LogP contribution < -0.4 is 10.1 Å². The minimum absolute atomic E-state index is 0.0180. The Labute approximate surface area is 150 Å². The van der Waals surface area contributed by atoms with Gasteiger partial charge in [0.15, 0.2) is 0 Å². The van der Waals surface area contributed by atoms with Crippen molar-refractivity contribution in [1.82, 2.24) is 5.32 Å². The van der Waals surface area contributed by atoms with Crippen molar-refractivity contribution >= 4 is 17.5 Å². The Bertz CT molecular complexity index is 791. The molecule has 2 N–H and O–H groups in total. The van der Waals surface area contributed by atoms with Crippen molar-refractivity contribution in [2.75, 3.05) is 13.7 Å². The number of nitrogens with one attached hydrogen (secondary N) is 1. The average molecular weight is 364 g/mol. The van der Waals surface area contributed by atoms with Crippen LogP contribution in [0.2, 0.25) is 5.02 Å². The van der Waals surface area contributed by atoms with E-state index in [2.05, 4.69) is 5.32 Å². The minimum atomic E-state index is -1.20. The van der Waals surface area contributed by atoms with Crippen molar-refractivity contribution in [1.29, 1.82) is 0 Å². The molecule has 132 valence electrons. The molecule has 2 aromatic rings. The molecule has 0 saturated carbocycles. The minimum Gasteiger partial charge on any atom is -0.497 e. The summed E-state index contributed by atoms with van der Waals surface area (Å²) in [6.45, 7) is -0.0180. The van der Waals surface area contributed by atoms with E-state index in [1.807, 2.05) is 12.1 Å². The van der Waals surface area contributed by atoms with E-state index in [4.69, 9.17) is 16.3 Å². The van der Waals surface area contributed by atoms with Crippen molar-refractivity contribution in [3.05, 3.63) is 63.9 Å². The molecular weight excluding hydrogens is 345 g/mol. The Morgan fingerprint density at radius 3 is 2.92 bits per heavy atom. The number of ether oxygens (including phenoxy) is 1. The van der Waals surface area contributed by atoms with Gasteiger partial charge in [0, 0.05) is 0 Å². The second-order valence-corrected chi connectivity index (χ2v) is 6.59. The highest BCUT2D eigenvalue weighted by molar-refractivity contribution is 6.33. The zero-order chi connectivity index (χ0) is 18.0. The lowest BCUT2D eigenvalue weighted by Crippen LogP contribution is -2.43. The predicted molar refractivity (Wildman–Crippen MR) is 93.6 cm³/mol. The second-order valence-electron chi connectivity index (χ2n) is 6.19. The Hall–Kier alpha value is -2.11. The van der Waals surface area contributed by atoms with Crippen molar-refractivity contribution in [2.45, 2.75) is 24.9 Å². The molecule has 1 amide bonds. The Morgan fingerprint density at radius 1 is 1.40 bits per heavy atom. The van der Waals surface area contributed by atoms with E-state index in [0.717, 1.165) is 29.7 Å². The maximum absolute atomic E-state index is 13.9. The molecule has 2 aromatic carbocycles. The molecule has 0 aromatic heterocycles. The summed E-state index contributed by atoms with van der Waals surface area (Å²) in [6.07, 6.45) is 2.13. The molecule has 6 heteroatoms. The quantitative estimate of drug-likeness (QED) is 0.874. The van der Waals surface area contributed by atoms with Gasteiger partial charge in [-0.25, -0.2) is 4.39 Å². The number of rotatable bonds is 4. The van der Waals surface area contributed by atoms with E-state index in [9.17, 15) is 14.3 Å². The topological polar surface area (TPSA) is 58.6 Å². The summed E-state index contributed by atoms with van der Waals surface area (Å²) in [6, 6.07) is 9.57. The molecule has 1 aliphatic carbocycles. The van der Waals surface area contributed by atoms with E-state index in [0.29, 0.717) is 6.42 Å². The normalized spacial score (nSPS) is 19.2. The number of hydrogen-bond acceptors (Lipinski definition) is 3. The molecule has 0 unspecified atom stereocenters. The lowest BCUT2D eigenvalue weighted by molar-refractivity contribution is 0.0188. The van der Waals surface area contributed by atoms with Crippen LogP contribution >= 0.6 is 11.6 Å². The smallest absolute Gasteiger partial charge is 0.255 e. The van der Waals surface area contributed by atoms with Crippen LogP contribution in [0.5, 0.6) is 5.75 Å². The second kappa shape index (κ2) is 7.02. The van der Waals surface area contributed by atoms with E-state index < -0.39 is 17.3 Å². The summed E-state index contributed by atoms with van der Waals surface area (Å²) in [5.74, 6) is -0.604. The van der Waals surface area contributed by atoms with Gasteiger partial charge in [0.1, 0.15) is 17.2 Å². The molecule has 3 rings (SSSR count). The van der Waals surface area contributed by atoms with E-state index in [1.54, 1.807) is 13.2 Å². The molecule has 0 fully saturated rings. The fraction of sp³-hybridized carbons (Fsp3) is 0.316. The summed E-state index contributed by atoms with van der Waals surface area (Å²) < 4.78 is 19.1. The van der Waals surface area contributed by atoms with Gasteiger partial charge < -0.3 is 15.2 Å². The van der Waals surface area contributed by atoms with Crippen molar-refractivity contribution in [2.24, 2.45) is 0 Å². The summed E-state index contributed by atoms with van der Waals surface area (Å²) in [5.41, 5.74) is 0.344. The van der Waals surface area contributed by atoms with Crippen molar-refractivity contribution in [3.63, 3.8) is 0 Å². The monoisotopic (exact) mass is 363 g/mol. The highest BCUT2D eigenvalue weighted by atomic mass is 35.5. The van der Waals surface area contributed by atoms with Gasteiger partial charge in [0.2, 0.25) is 0 Å². The largest absolute Gasteiger partial charge is 0.497 e. The molecule has 0 spiro atoms. The van der Waals surface area contributed by atoms with Crippen LogP contribution in [0, 0.1) is 5.82 Å². The summed E-state index contributed by atoms with van der Waals surface area (Å²) in [7, 11) is 1.59. The Kier molecular flexibility index (Phi) is 4.97. The van der Waals surface area contributed by atoms with Gasteiger partial charge in [-0.1, -0.05) is 23.7 Å². The third-order valence-corrected chi connectivity index (χ3v) is 4.90. The third-order valence-electron chi connectivity index (χ3n) is 4.58. The standard InChI is InChI=1S/C19H19ClFNO3/c1-25-13-7-8-14-12(10-13)4-3-9-19(14,24)11-22-18(23)17-15(20)5-2-6-16(17)21/h2,5-8,10,24H,3-4,9,11H2,1H3,(H,22,23)/t19-/m0/s1. The van der Waals surface area contributed by atoms with Crippen LogP contribution in [0.15, 0.2) is 36.4 Å². The number of aryl methyl sites for hydroxylation is 1. The molecule has 1 atom stereocenters. The fourth-order valence-electron chi connectivity index (χ4n) is 3.28. The molecular formula is C19H19ClFNO3. The van der Waals surface area contributed by atoms with E-state index in [-0.39, 0.29) is 17.1 Å². The first kappa shape index (κ1) is 17.7. The molecule has 25 heavy (non-hydrogen) atoms. The first-order valence-corrected chi connectivity index (χ1v) is 8.44. The summed E-state index contributed by atoms with van der Waals surface area (Å²) in [4.78, 5) is 12.3. The van der Waals surface area contributed by atoms with Gasteiger partial charge in [-0.15, -0.1) is 0 Å². The van der Waals surface area contributed by atoms with Gasteiger partial charge in [-0.2, -0.15) is 0 Å². The number of carbonyl (C=O) groups is 1. The number of carbonyl (C=O) groups excluding carboxylic acids is 1. The van der Waals surface area contributed by atoms with Crippen LogP contribution in [0.1, 0.15) is 34.3 Å². The number of benzene rings is 2. The maximum atomic E-state index is 13.9. The van der Waals surface area contributed by atoms with Crippen LogP contribution in [-0.2, 0) is 12.0 Å². The lowest BCUT2D eigenvalue weighted by Gasteiger charge is -2.35. The fourth-order valence-corrected chi connectivity index (χ4v) is 3.53. The first-order valence-electron chi connectivity index (χ1n) is 8.06. The van der Waals surface area contributed by atoms with Gasteiger partial charge in [-0.05, 0) is 54.7 Å².